The molecule has 1 aromatic heterocycles. The fourth-order valence-corrected chi connectivity index (χ4v) is 2.78. The predicted octanol–water partition coefficient (Wildman–Crippen LogP) is -7.51. The number of benzene rings is 1. The third-order valence-electron chi connectivity index (χ3n) is 4.45. The Hall–Kier alpha value is -2.75. The van der Waals surface area contributed by atoms with Crippen molar-refractivity contribution in [2.75, 3.05) is 0 Å². The SMILES string of the molecule is [B]OC(=O)C([B])N([B])C(=O)c1nc([B])c(-c2c([B])c([B])c([B])c(C#N)c2[B])c([B])c1O[B]. The number of pyridine rings is 1. The minimum Gasteiger partial charge on any atom is -0.567 e. The molecule has 0 spiro atoms. The molecule has 0 fully saturated rings. The van der Waals surface area contributed by atoms with Crippen molar-refractivity contribution in [2.45, 2.75) is 5.94 Å². The van der Waals surface area contributed by atoms with Gasteiger partial charge in [-0.2, -0.15) is 5.26 Å². The van der Waals surface area contributed by atoms with E-state index in [-0.39, 0.29) is 48.8 Å². The van der Waals surface area contributed by atoms with E-state index >= 15 is 0 Å². The van der Waals surface area contributed by atoms with Crippen LogP contribution in [0.2, 0.25) is 0 Å². The van der Waals surface area contributed by atoms with Gasteiger partial charge in [0.15, 0.2) is 5.69 Å². The maximum Gasteiger partial charge on any atom is 0.378 e. The molecule has 0 bridgehead atoms. The van der Waals surface area contributed by atoms with Gasteiger partial charge in [0.1, 0.15) is 60.7 Å². The van der Waals surface area contributed by atoms with Gasteiger partial charge in [-0.15, -0.1) is 5.46 Å². The highest BCUT2D eigenvalue weighted by Gasteiger charge is 2.28. The van der Waals surface area contributed by atoms with Crippen LogP contribution in [0.5, 0.6) is 5.75 Å². The number of nitriles is 1. The van der Waals surface area contributed by atoms with Crippen LogP contribution in [-0.2, 0) is 9.45 Å². The summed E-state index contributed by atoms with van der Waals surface area (Å²) in [5, 5.41) is 9.37. The molecule has 0 aliphatic carbocycles. The van der Waals surface area contributed by atoms with Gasteiger partial charge in [-0.3, -0.25) is 14.6 Å². The summed E-state index contributed by atoms with van der Waals surface area (Å²) in [6.45, 7) is 0. The molecule has 2 rings (SSSR count). The van der Waals surface area contributed by atoms with Gasteiger partial charge in [0.25, 0.3) is 11.9 Å². The van der Waals surface area contributed by atoms with E-state index in [9.17, 15) is 14.9 Å². The summed E-state index contributed by atoms with van der Waals surface area (Å²) in [4.78, 5) is 28.3. The van der Waals surface area contributed by atoms with Gasteiger partial charge in [0.05, 0.1) is 12.0 Å². The van der Waals surface area contributed by atoms with E-state index in [4.69, 9.17) is 83.7 Å². The van der Waals surface area contributed by atoms with E-state index in [1.807, 2.05) is 0 Å². The molecular weight excluding hydrogens is 394 g/mol. The van der Waals surface area contributed by atoms with Crippen LogP contribution in [0.1, 0.15) is 16.1 Å². The number of rotatable bonds is 5. The van der Waals surface area contributed by atoms with Gasteiger partial charge in [-0.05, 0) is 22.2 Å². The van der Waals surface area contributed by atoms with Crippen LogP contribution in [0.3, 0.4) is 0 Å². The topological polar surface area (TPSA) is 92.5 Å². The second-order valence-electron chi connectivity index (χ2n) is 6.19. The Morgan fingerprint density at radius 1 is 0.938 bits per heavy atom. The maximum atomic E-state index is 12.7. The first-order valence-electron chi connectivity index (χ1n) is 8.30. The molecule has 0 saturated carbocycles. The van der Waals surface area contributed by atoms with Gasteiger partial charge in [0.2, 0.25) is 7.98 Å². The third kappa shape index (κ3) is 4.15. The lowest BCUT2D eigenvalue weighted by Crippen LogP contribution is -2.49. The fourth-order valence-electron chi connectivity index (χ4n) is 2.78. The number of carbonyl (C=O) groups is 2. The van der Waals surface area contributed by atoms with Crippen LogP contribution in [0.15, 0.2) is 0 Å². The maximum absolute atomic E-state index is 12.7. The second kappa shape index (κ2) is 9.81. The highest BCUT2D eigenvalue weighted by molar-refractivity contribution is 6.63. The lowest BCUT2D eigenvalue weighted by atomic mass is 9.61. The molecule has 17 heteroatoms. The summed E-state index contributed by atoms with van der Waals surface area (Å²) >= 11 is 0. The van der Waals surface area contributed by atoms with Crippen molar-refractivity contribution in [3.8, 4) is 22.9 Å². The number of hydrogen-bond donors (Lipinski definition) is 0. The number of hydrogen-bond acceptors (Lipinski definition) is 6. The van der Waals surface area contributed by atoms with E-state index in [0.29, 0.717) is 0 Å². The molecule has 1 amide bonds. The summed E-state index contributed by atoms with van der Waals surface area (Å²) < 4.78 is 8.62. The van der Waals surface area contributed by atoms with Crippen LogP contribution < -0.4 is 37.6 Å². The lowest BCUT2D eigenvalue weighted by molar-refractivity contribution is -0.135. The molecule has 1 heterocycles. The molecule has 0 aliphatic rings. The Morgan fingerprint density at radius 2 is 1.53 bits per heavy atom. The van der Waals surface area contributed by atoms with Crippen molar-refractivity contribution >= 4 is 124 Å². The summed E-state index contributed by atoms with van der Waals surface area (Å²) in [5.74, 6) is -4.78. The zero-order valence-electron chi connectivity index (χ0n) is 16.3. The van der Waals surface area contributed by atoms with Crippen molar-refractivity contribution in [1.29, 1.82) is 5.26 Å². The van der Waals surface area contributed by atoms with Crippen molar-refractivity contribution < 1.29 is 18.9 Å². The molecule has 20 radical (unpaired) electrons. The van der Waals surface area contributed by atoms with Gasteiger partial charge >= 0.3 is 16.1 Å². The standard InChI is InChI=1S/C15HB10N3O4/c16-5-2(1-26)6(17)9(20)7(18)3(5)4-8(19)11(31-24)10(27-12(4)21)14(29)28(23)13(22)15(30)32-25/h13H. The molecule has 7 nitrogen and oxygen atoms in total. The van der Waals surface area contributed by atoms with Gasteiger partial charge in [-0.1, -0.05) is 16.4 Å². The normalized spacial score (nSPS) is 11.2. The molecule has 32 heavy (non-hydrogen) atoms. The van der Waals surface area contributed by atoms with Crippen molar-refractivity contribution in [2.24, 2.45) is 0 Å². The van der Waals surface area contributed by atoms with Crippen molar-refractivity contribution in [3.63, 3.8) is 0 Å². The zero-order valence-corrected chi connectivity index (χ0v) is 16.3. The molecule has 0 aliphatic heterocycles. The van der Waals surface area contributed by atoms with Crippen molar-refractivity contribution in [3.05, 3.63) is 11.3 Å². The first-order valence-corrected chi connectivity index (χ1v) is 8.30. The van der Waals surface area contributed by atoms with E-state index in [1.54, 1.807) is 6.07 Å². The molecular formula is C15HB10N3O4. The smallest absolute Gasteiger partial charge is 0.378 e. The Balaban J connectivity index is 2.81. The Bertz CT molecular complexity index is 1170. The van der Waals surface area contributed by atoms with Crippen LogP contribution in [-0.4, -0.2) is 107 Å². The number of aromatic nitrogens is 1. The molecule has 1 atom stereocenters. The quantitative estimate of drug-likeness (QED) is 0.467. The average Bonchev–Trinajstić information content (AvgIpc) is 2.77. The molecule has 2 aromatic rings. The Morgan fingerprint density at radius 3 is 2.03 bits per heavy atom. The van der Waals surface area contributed by atoms with Crippen LogP contribution in [0.4, 0.5) is 0 Å². The molecule has 0 saturated heterocycles. The van der Waals surface area contributed by atoms with Gasteiger partial charge < -0.3 is 14.1 Å². The minimum absolute atomic E-state index is 0.0962. The third-order valence-corrected chi connectivity index (χ3v) is 4.45. The van der Waals surface area contributed by atoms with E-state index < -0.39 is 34.9 Å². The van der Waals surface area contributed by atoms with E-state index in [2.05, 4.69) is 9.64 Å². The predicted molar refractivity (Wildman–Crippen MR) is 126 cm³/mol. The Labute approximate surface area is 197 Å². The minimum atomic E-state index is -1.82. The van der Waals surface area contributed by atoms with E-state index in [0.717, 1.165) is 0 Å². The fraction of sp³-hybridized carbons (Fsp3) is 0.0667. The molecule has 1 aromatic carbocycles. The highest BCUT2D eigenvalue weighted by atomic mass is 16.5. The van der Waals surface area contributed by atoms with Crippen LogP contribution in [0.25, 0.3) is 11.1 Å². The lowest BCUT2D eigenvalue weighted by Gasteiger charge is -2.27. The summed E-state index contributed by atoms with van der Waals surface area (Å²) in [7, 11) is 56.8. The molecule has 0 N–H and O–H groups in total. The zero-order chi connectivity index (χ0) is 24.5. The van der Waals surface area contributed by atoms with Gasteiger partial charge in [0, 0.05) is 5.56 Å². The van der Waals surface area contributed by atoms with Crippen LogP contribution >= 0.6 is 0 Å². The largest absolute Gasteiger partial charge is 0.567 e. The average molecular weight is 395 g/mol. The second-order valence-corrected chi connectivity index (χ2v) is 6.19. The number of carbonyl (C=O) groups excluding carboxylic acids is 2. The summed E-state index contributed by atoms with van der Waals surface area (Å²) in [5.41, 5.74) is -2.58. The Kier molecular flexibility index (Phi) is 7.82. The van der Waals surface area contributed by atoms with Crippen molar-refractivity contribution in [1.82, 2.24) is 9.79 Å². The first-order chi connectivity index (χ1) is 14.9. The summed E-state index contributed by atoms with van der Waals surface area (Å²) in [6, 6.07) is 1.79. The highest BCUT2D eigenvalue weighted by Crippen LogP contribution is 2.20. The van der Waals surface area contributed by atoms with Gasteiger partial charge in [-0.25, -0.2) is 0 Å². The number of amides is 1. The monoisotopic (exact) mass is 397 g/mol. The summed E-state index contributed by atoms with van der Waals surface area (Å²) in [6.07, 6.45) is 0. The number of nitrogens with zero attached hydrogens (tertiary/aromatic N) is 3. The van der Waals surface area contributed by atoms with E-state index in [1.165, 1.54) is 0 Å². The molecule has 130 valence electrons. The van der Waals surface area contributed by atoms with Crippen LogP contribution in [0, 0.1) is 11.3 Å². The molecule has 1 unspecified atom stereocenters. The first kappa shape index (κ1) is 25.5.